The van der Waals surface area contributed by atoms with Crippen LogP contribution in [0.4, 0.5) is 0 Å². The predicted molar refractivity (Wildman–Crippen MR) is 48.9 cm³/mol. The van der Waals surface area contributed by atoms with E-state index < -0.39 is 0 Å². The molecule has 0 spiro atoms. The molecule has 0 aromatic rings. The van der Waals surface area contributed by atoms with E-state index in [1.54, 1.807) is 6.92 Å². The number of aldehydes is 1. The molecule has 0 fully saturated rings. The van der Waals surface area contributed by atoms with Crippen molar-refractivity contribution in [3.8, 4) is 0 Å². The second kappa shape index (κ2) is 4.39. The number of Topliss-reactive ketones (excluding diaryl/α,β-unsaturated/α-hetero) is 1. The van der Waals surface area contributed by atoms with Gasteiger partial charge in [-0.15, -0.1) is 0 Å². The van der Waals surface area contributed by atoms with Crippen LogP contribution in [0.25, 0.3) is 0 Å². The highest BCUT2D eigenvalue weighted by molar-refractivity contribution is 5.75. The molecule has 0 aromatic heterocycles. The van der Waals surface area contributed by atoms with Crippen molar-refractivity contribution >= 4 is 12.1 Å². The summed E-state index contributed by atoms with van der Waals surface area (Å²) >= 11 is 0. The van der Waals surface area contributed by atoms with Gasteiger partial charge >= 0.3 is 0 Å². The second-order valence-corrected chi connectivity index (χ2v) is 4.35. The molecule has 0 saturated carbocycles. The molecule has 0 aliphatic carbocycles. The lowest BCUT2D eigenvalue weighted by Crippen LogP contribution is -2.22. The number of rotatable bonds is 4. The van der Waals surface area contributed by atoms with Gasteiger partial charge in [-0.25, -0.2) is 0 Å². The third-order valence-corrected chi connectivity index (χ3v) is 2.08. The average Bonchev–Trinajstić information content (AvgIpc) is 1.85. The molecular weight excluding hydrogens is 152 g/mol. The summed E-state index contributed by atoms with van der Waals surface area (Å²) < 4.78 is 0. The molecule has 70 valence electrons. The van der Waals surface area contributed by atoms with Crippen molar-refractivity contribution in [1.29, 1.82) is 0 Å². The van der Waals surface area contributed by atoms with E-state index in [-0.39, 0.29) is 17.1 Å². The quantitative estimate of drug-likeness (QED) is 0.606. The lowest BCUT2D eigenvalue weighted by molar-refractivity contribution is -0.118. The van der Waals surface area contributed by atoms with Crippen molar-refractivity contribution in [2.45, 2.75) is 40.5 Å². The maximum Gasteiger partial charge on any atom is 0.129 e. The van der Waals surface area contributed by atoms with Gasteiger partial charge in [0.1, 0.15) is 12.1 Å². The SMILES string of the molecule is CC(=O)CCC(C=O)C(C)(C)C. The molecule has 1 atom stereocenters. The van der Waals surface area contributed by atoms with Crippen LogP contribution < -0.4 is 0 Å². The lowest BCUT2D eigenvalue weighted by atomic mass is 9.79. The highest BCUT2D eigenvalue weighted by Gasteiger charge is 2.23. The van der Waals surface area contributed by atoms with Crippen LogP contribution in [-0.4, -0.2) is 12.1 Å². The van der Waals surface area contributed by atoms with E-state index >= 15 is 0 Å². The van der Waals surface area contributed by atoms with Gasteiger partial charge in [-0.2, -0.15) is 0 Å². The highest BCUT2D eigenvalue weighted by Crippen LogP contribution is 2.27. The lowest BCUT2D eigenvalue weighted by Gasteiger charge is -2.25. The van der Waals surface area contributed by atoms with Crippen LogP contribution in [0.3, 0.4) is 0 Å². The zero-order valence-corrected chi connectivity index (χ0v) is 8.39. The number of carbonyl (C=O) groups excluding carboxylic acids is 2. The first-order chi connectivity index (χ1) is 5.38. The minimum atomic E-state index is -0.0167. The normalized spacial score (nSPS) is 14.0. The Bertz CT molecular complexity index is 165. The van der Waals surface area contributed by atoms with Crippen molar-refractivity contribution in [2.24, 2.45) is 11.3 Å². The van der Waals surface area contributed by atoms with E-state index in [1.165, 1.54) is 0 Å². The third kappa shape index (κ3) is 4.27. The number of carbonyl (C=O) groups is 2. The maximum atomic E-state index is 10.7. The van der Waals surface area contributed by atoms with Gasteiger partial charge in [0.25, 0.3) is 0 Å². The van der Waals surface area contributed by atoms with Crippen LogP contribution in [0.2, 0.25) is 0 Å². The van der Waals surface area contributed by atoms with Crippen LogP contribution in [0, 0.1) is 11.3 Å². The Morgan fingerprint density at radius 3 is 2.17 bits per heavy atom. The zero-order chi connectivity index (χ0) is 9.78. The second-order valence-electron chi connectivity index (χ2n) is 4.35. The summed E-state index contributed by atoms with van der Waals surface area (Å²) in [6.07, 6.45) is 2.16. The maximum absolute atomic E-state index is 10.7. The van der Waals surface area contributed by atoms with Gasteiger partial charge < -0.3 is 9.59 Å². The fourth-order valence-electron chi connectivity index (χ4n) is 1.06. The van der Waals surface area contributed by atoms with Gasteiger partial charge in [-0.05, 0) is 18.8 Å². The predicted octanol–water partition coefficient (Wildman–Crippen LogP) is 2.22. The summed E-state index contributed by atoms with van der Waals surface area (Å²) in [6, 6.07) is 0. The molecule has 0 rings (SSSR count). The fourth-order valence-corrected chi connectivity index (χ4v) is 1.06. The third-order valence-electron chi connectivity index (χ3n) is 2.08. The molecule has 0 radical (unpaired) electrons. The first-order valence-electron chi connectivity index (χ1n) is 4.32. The van der Waals surface area contributed by atoms with E-state index in [9.17, 15) is 9.59 Å². The van der Waals surface area contributed by atoms with Gasteiger partial charge in [0.05, 0.1) is 0 Å². The summed E-state index contributed by atoms with van der Waals surface area (Å²) in [6.45, 7) is 7.62. The van der Waals surface area contributed by atoms with Gasteiger partial charge in [-0.3, -0.25) is 0 Å². The fraction of sp³-hybridized carbons (Fsp3) is 0.800. The summed E-state index contributed by atoms with van der Waals surface area (Å²) in [7, 11) is 0. The van der Waals surface area contributed by atoms with E-state index in [1.807, 2.05) is 20.8 Å². The van der Waals surface area contributed by atoms with Crippen LogP contribution in [0.15, 0.2) is 0 Å². The molecule has 1 unspecified atom stereocenters. The van der Waals surface area contributed by atoms with Gasteiger partial charge in [0, 0.05) is 12.3 Å². The molecule has 12 heavy (non-hydrogen) atoms. The Morgan fingerprint density at radius 2 is 1.92 bits per heavy atom. The molecule has 0 saturated heterocycles. The van der Waals surface area contributed by atoms with E-state index in [2.05, 4.69) is 0 Å². The Balaban J connectivity index is 4.01. The standard InChI is InChI=1S/C10H18O2/c1-8(12)5-6-9(7-11)10(2,3)4/h7,9H,5-6H2,1-4H3. The molecular formula is C10H18O2. The Kier molecular flexibility index (Phi) is 4.15. The van der Waals surface area contributed by atoms with Crippen LogP contribution in [0.5, 0.6) is 0 Å². The molecule has 0 heterocycles. The Hall–Kier alpha value is -0.660. The molecule has 2 heteroatoms. The summed E-state index contributed by atoms with van der Waals surface area (Å²) in [5.74, 6) is 0.160. The molecule has 2 nitrogen and oxygen atoms in total. The number of hydrogen-bond donors (Lipinski definition) is 0. The van der Waals surface area contributed by atoms with Gasteiger partial charge in [0.15, 0.2) is 0 Å². The monoisotopic (exact) mass is 170 g/mol. The first kappa shape index (κ1) is 11.3. The van der Waals surface area contributed by atoms with Crippen molar-refractivity contribution in [3.05, 3.63) is 0 Å². The number of ketones is 1. The first-order valence-corrected chi connectivity index (χ1v) is 4.32. The van der Waals surface area contributed by atoms with Crippen molar-refractivity contribution < 1.29 is 9.59 Å². The Labute approximate surface area is 74.3 Å². The summed E-state index contributed by atoms with van der Waals surface area (Å²) in [4.78, 5) is 21.3. The van der Waals surface area contributed by atoms with Crippen molar-refractivity contribution in [1.82, 2.24) is 0 Å². The number of hydrogen-bond acceptors (Lipinski definition) is 2. The largest absolute Gasteiger partial charge is 0.303 e. The Morgan fingerprint density at radius 1 is 1.42 bits per heavy atom. The minimum Gasteiger partial charge on any atom is -0.303 e. The smallest absolute Gasteiger partial charge is 0.129 e. The van der Waals surface area contributed by atoms with Gasteiger partial charge in [0.2, 0.25) is 0 Å². The van der Waals surface area contributed by atoms with Crippen molar-refractivity contribution in [2.75, 3.05) is 0 Å². The topological polar surface area (TPSA) is 34.1 Å². The van der Waals surface area contributed by atoms with Gasteiger partial charge in [-0.1, -0.05) is 20.8 Å². The highest BCUT2D eigenvalue weighted by atomic mass is 16.1. The van der Waals surface area contributed by atoms with Crippen LogP contribution >= 0.6 is 0 Å². The molecule has 0 aliphatic heterocycles. The molecule has 0 amide bonds. The molecule has 0 N–H and O–H groups in total. The minimum absolute atomic E-state index is 0.00130. The molecule has 0 aromatic carbocycles. The van der Waals surface area contributed by atoms with E-state index in [0.717, 1.165) is 6.29 Å². The van der Waals surface area contributed by atoms with E-state index in [4.69, 9.17) is 0 Å². The van der Waals surface area contributed by atoms with Crippen LogP contribution in [0.1, 0.15) is 40.5 Å². The molecule has 0 bridgehead atoms. The van der Waals surface area contributed by atoms with Crippen LogP contribution in [-0.2, 0) is 9.59 Å². The average molecular weight is 170 g/mol. The summed E-state index contributed by atoms with van der Waals surface area (Å²) in [5, 5.41) is 0. The summed E-state index contributed by atoms with van der Waals surface area (Å²) in [5.41, 5.74) is -0.0167. The zero-order valence-electron chi connectivity index (χ0n) is 8.39. The van der Waals surface area contributed by atoms with E-state index in [0.29, 0.717) is 12.8 Å². The van der Waals surface area contributed by atoms with Crippen molar-refractivity contribution in [3.63, 3.8) is 0 Å². The molecule has 0 aliphatic rings.